The summed E-state index contributed by atoms with van der Waals surface area (Å²) >= 11 is 0. The van der Waals surface area contributed by atoms with E-state index < -0.39 is 16.0 Å². The molecule has 0 aliphatic rings. The minimum absolute atomic E-state index is 0.0386. The molecule has 1 aromatic carbocycles. The Morgan fingerprint density at radius 2 is 2.10 bits per heavy atom. The minimum atomic E-state index is -3.76. The summed E-state index contributed by atoms with van der Waals surface area (Å²) in [5.74, 6) is 0.00544. The van der Waals surface area contributed by atoms with Crippen molar-refractivity contribution in [3.8, 4) is 5.75 Å². The molecule has 0 amide bonds. The monoisotopic (exact) mass is 302 g/mol. The van der Waals surface area contributed by atoms with E-state index in [9.17, 15) is 13.2 Å². The van der Waals surface area contributed by atoms with Crippen molar-refractivity contribution in [1.82, 2.24) is 4.72 Å². The molecule has 112 valence electrons. The third kappa shape index (κ3) is 4.39. The van der Waals surface area contributed by atoms with Crippen LogP contribution < -0.4 is 15.2 Å². The number of benzene rings is 1. The Labute approximate surface area is 118 Å². The van der Waals surface area contributed by atoms with E-state index in [2.05, 4.69) is 4.72 Å². The van der Waals surface area contributed by atoms with E-state index in [0.29, 0.717) is 5.75 Å². The average Bonchev–Trinajstić information content (AvgIpc) is 2.38. The highest BCUT2D eigenvalue weighted by Gasteiger charge is 2.18. The molecule has 0 unspecified atom stereocenters. The highest BCUT2D eigenvalue weighted by Crippen LogP contribution is 2.23. The Bertz CT molecular complexity index is 571. The molecule has 0 bridgehead atoms. The van der Waals surface area contributed by atoms with Crippen molar-refractivity contribution in [3.05, 3.63) is 18.2 Å². The lowest BCUT2D eigenvalue weighted by atomic mass is 10.3. The number of sulfonamides is 1. The van der Waals surface area contributed by atoms with Crippen LogP contribution in [0.1, 0.15) is 13.3 Å². The largest absolute Gasteiger partial charge is 0.497 e. The summed E-state index contributed by atoms with van der Waals surface area (Å²) in [5.41, 5.74) is 5.75. The van der Waals surface area contributed by atoms with Gasteiger partial charge < -0.3 is 15.2 Å². The van der Waals surface area contributed by atoms with Crippen molar-refractivity contribution in [2.45, 2.75) is 18.2 Å². The molecule has 0 saturated heterocycles. The molecule has 0 spiro atoms. The highest BCUT2D eigenvalue weighted by atomic mass is 32.2. The summed E-state index contributed by atoms with van der Waals surface area (Å²) in [5, 5.41) is 0. The molecule has 0 aliphatic heterocycles. The third-order valence-corrected chi connectivity index (χ3v) is 3.97. The van der Waals surface area contributed by atoms with Gasteiger partial charge >= 0.3 is 5.97 Å². The Morgan fingerprint density at radius 3 is 2.65 bits per heavy atom. The van der Waals surface area contributed by atoms with Crippen molar-refractivity contribution in [2.24, 2.45) is 0 Å². The summed E-state index contributed by atoms with van der Waals surface area (Å²) in [6, 6.07) is 4.26. The molecule has 0 fully saturated rings. The summed E-state index contributed by atoms with van der Waals surface area (Å²) in [7, 11) is -2.31. The lowest BCUT2D eigenvalue weighted by molar-refractivity contribution is -0.142. The number of nitrogen functional groups attached to an aromatic ring is 1. The fourth-order valence-electron chi connectivity index (χ4n) is 1.50. The molecule has 0 radical (unpaired) electrons. The second-order valence-electron chi connectivity index (χ2n) is 3.86. The van der Waals surface area contributed by atoms with Crippen LogP contribution in [0.15, 0.2) is 23.1 Å². The van der Waals surface area contributed by atoms with Gasteiger partial charge in [0.1, 0.15) is 10.6 Å². The molecule has 7 nitrogen and oxygen atoms in total. The van der Waals surface area contributed by atoms with Crippen molar-refractivity contribution < 1.29 is 22.7 Å². The molecular formula is C12H18N2O5S. The van der Waals surface area contributed by atoms with Gasteiger partial charge in [0.2, 0.25) is 10.0 Å². The Morgan fingerprint density at radius 1 is 1.40 bits per heavy atom. The molecule has 8 heteroatoms. The molecule has 0 aliphatic carbocycles. The molecule has 0 atom stereocenters. The molecule has 1 rings (SSSR count). The minimum Gasteiger partial charge on any atom is -0.497 e. The van der Waals surface area contributed by atoms with Crippen LogP contribution in [0.25, 0.3) is 0 Å². The van der Waals surface area contributed by atoms with Crippen LogP contribution in [0, 0.1) is 0 Å². The lowest BCUT2D eigenvalue weighted by Gasteiger charge is -2.10. The zero-order chi connectivity index (χ0) is 15.2. The number of nitrogens with two attached hydrogens (primary N) is 1. The number of rotatable bonds is 7. The van der Waals surface area contributed by atoms with Crippen molar-refractivity contribution in [3.63, 3.8) is 0 Å². The Kier molecular flexibility index (Phi) is 5.78. The second kappa shape index (κ2) is 7.11. The van der Waals surface area contributed by atoms with E-state index in [1.807, 2.05) is 0 Å². The first kappa shape index (κ1) is 16.3. The van der Waals surface area contributed by atoms with Gasteiger partial charge in [-0.25, -0.2) is 13.1 Å². The predicted octanol–water partition coefficient (Wildman–Crippen LogP) is 0.509. The number of ether oxygens (including phenoxy) is 2. The fraction of sp³-hybridized carbons (Fsp3) is 0.417. The van der Waals surface area contributed by atoms with E-state index in [0.717, 1.165) is 0 Å². The smallest absolute Gasteiger partial charge is 0.307 e. The van der Waals surface area contributed by atoms with Gasteiger partial charge in [0.05, 0.1) is 25.8 Å². The average molecular weight is 302 g/mol. The molecule has 1 aromatic rings. The molecule has 0 saturated carbocycles. The molecule has 0 aromatic heterocycles. The van der Waals surface area contributed by atoms with E-state index in [1.54, 1.807) is 6.92 Å². The summed E-state index contributed by atoms with van der Waals surface area (Å²) in [4.78, 5) is 11.1. The summed E-state index contributed by atoms with van der Waals surface area (Å²) < 4.78 is 36.0. The molecule has 20 heavy (non-hydrogen) atoms. The van der Waals surface area contributed by atoms with Crippen LogP contribution in [-0.4, -0.2) is 34.6 Å². The van der Waals surface area contributed by atoms with Gasteiger partial charge in [-0.2, -0.15) is 0 Å². The maximum atomic E-state index is 12.0. The maximum absolute atomic E-state index is 12.0. The topological polar surface area (TPSA) is 108 Å². The quantitative estimate of drug-likeness (QED) is 0.561. The SMILES string of the molecule is CCOC(=O)CCNS(=O)(=O)c1ccc(OC)cc1N. The number of methoxy groups -OCH3 is 1. The zero-order valence-electron chi connectivity index (χ0n) is 11.4. The van der Waals surface area contributed by atoms with E-state index in [4.69, 9.17) is 15.2 Å². The Balaban J connectivity index is 2.72. The first-order valence-corrected chi connectivity index (χ1v) is 7.47. The van der Waals surface area contributed by atoms with Gasteiger partial charge in [-0.15, -0.1) is 0 Å². The number of hydrogen-bond donors (Lipinski definition) is 2. The van der Waals surface area contributed by atoms with Crippen molar-refractivity contribution in [1.29, 1.82) is 0 Å². The number of anilines is 1. The van der Waals surface area contributed by atoms with Crippen LogP contribution in [0.4, 0.5) is 5.69 Å². The number of hydrogen-bond acceptors (Lipinski definition) is 6. The summed E-state index contributed by atoms with van der Waals surface area (Å²) in [6.07, 6.45) is -0.0386. The van der Waals surface area contributed by atoms with Gasteiger partial charge in [-0.05, 0) is 19.1 Å². The highest BCUT2D eigenvalue weighted by molar-refractivity contribution is 7.89. The first-order chi connectivity index (χ1) is 9.40. The molecule has 3 N–H and O–H groups in total. The molecular weight excluding hydrogens is 284 g/mol. The lowest BCUT2D eigenvalue weighted by Crippen LogP contribution is -2.27. The van der Waals surface area contributed by atoms with E-state index in [-0.39, 0.29) is 30.2 Å². The van der Waals surface area contributed by atoms with Gasteiger partial charge in [0, 0.05) is 12.6 Å². The molecule has 0 heterocycles. The Hall–Kier alpha value is -1.80. The van der Waals surface area contributed by atoms with Crippen LogP contribution in [0.3, 0.4) is 0 Å². The van der Waals surface area contributed by atoms with Crippen molar-refractivity contribution >= 4 is 21.7 Å². The van der Waals surface area contributed by atoms with E-state index >= 15 is 0 Å². The standard InChI is InChI=1S/C12H18N2O5S/c1-3-19-12(15)6-7-14-20(16,17)11-5-4-9(18-2)8-10(11)13/h4-5,8,14H,3,6-7,13H2,1-2H3. The number of carbonyl (C=O) groups excluding carboxylic acids is 1. The predicted molar refractivity (Wildman–Crippen MR) is 73.8 cm³/mol. The van der Waals surface area contributed by atoms with Gasteiger partial charge in [-0.3, -0.25) is 4.79 Å². The van der Waals surface area contributed by atoms with Crippen LogP contribution in [0.2, 0.25) is 0 Å². The van der Waals surface area contributed by atoms with Crippen LogP contribution >= 0.6 is 0 Å². The first-order valence-electron chi connectivity index (χ1n) is 5.99. The number of nitrogens with one attached hydrogen (secondary N) is 1. The zero-order valence-corrected chi connectivity index (χ0v) is 12.2. The van der Waals surface area contributed by atoms with Gasteiger partial charge in [0.25, 0.3) is 0 Å². The third-order valence-electron chi connectivity index (χ3n) is 2.43. The second-order valence-corrected chi connectivity index (χ2v) is 5.59. The summed E-state index contributed by atoms with van der Waals surface area (Å²) in [6.45, 7) is 1.89. The van der Waals surface area contributed by atoms with Crippen LogP contribution in [0.5, 0.6) is 5.75 Å². The normalized spacial score (nSPS) is 11.1. The van der Waals surface area contributed by atoms with Gasteiger partial charge in [-0.1, -0.05) is 0 Å². The van der Waals surface area contributed by atoms with Crippen LogP contribution in [-0.2, 0) is 19.6 Å². The number of esters is 1. The van der Waals surface area contributed by atoms with Gasteiger partial charge in [0.15, 0.2) is 0 Å². The fourth-order valence-corrected chi connectivity index (χ4v) is 2.64. The maximum Gasteiger partial charge on any atom is 0.307 e. The van der Waals surface area contributed by atoms with Crippen molar-refractivity contribution in [2.75, 3.05) is 26.0 Å². The van der Waals surface area contributed by atoms with E-state index in [1.165, 1.54) is 25.3 Å². The number of carbonyl (C=O) groups is 1.